The van der Waals surface area contributed by atoms with E-state index in [4.69, 9.17) is 5.11 Å². The van der Waals surface area contributed by atoms with Crippen molar-refractivity contribution < 1.29 is 18.7 Å². The topological polar surface area (TPSA) is 49.3 Å². The normalized spacial score (nSPS) is 10.3. The Balaban J connectivity index is 2.09. The molecule has 0 saturated carbocycles. The van der Waals surface area contributed by atoms with Crippen LogP contribution in [0.5, 0.6) is 0 Å². The zero-order valence-electron chi connectivity index (χ0n) is 10.8. The number of carbonyl (C=O) groups is 1. The molecule has 20 heavy (non-hydrogen) atoms. The fourth-order valence-corrected chi connectivity index (χ4v) is 1.76. The Morgan fingerprint density at radius 1 is 1.15 bits per heavy atom. The molecular formula is C15H13F2NO2. The van der Waals surface area contributed by atoms with Crippen molar-refractivity contribution in [2.24, 2.45) is 0 Å². The van der Waals surface area contributed by atoms with Crippen molar-refractivity contribution in [3.05, 3.63) is 64.7 Å². The molecule has 0 heterocycles. The van der Waals surface area contributed by atoms with Crippen LogP contribution in [0.2, 0.25) is 0 Å². The average molecular weight is 277 g/mol. The minimum atomic E-state index is -0.996. The first-order chi connectivity index (χ1) is 9.49. The van der Waals surface area contributed by atoms with Crippen LogP contribution >= 0.6 is 0 Å². The lowest BCUT2D eigenvalue weighted by atomic mass is 10.1. The van der Waals surface area contributed by atoms with Crippen LogP contribution in [0.4, 0.5) is 14.5 Å². The van der Waals surface area contributed by atoms with E-state index in [1.165, 1.54) is 31.2 Å². The summed E-state index contributed by atoms with van der Waals surface area (Å²) in [6.45, 7) is 1.69. The maximum absolute atomic E-state index is 13.8. The van der Waals surface area contributed by atoms with Gasteiger partial charge in [0.25, 0.3) is 0 Å². The molecule has 2 rings (SSSR count). The summed E-state index contributed by atoms with van der Waals surface area (Å²) in [5.41, 5.74) is 1.18. The second-order valence-corrected chi connectivity index (χ2v) is 4.39. The van der Waals surface area contributed by atoms with Gasteiger partial charge in [0.05, 0.1) is 11.3 Å². The third-order valence-corrected chi connectivity index (χ3v) is 3.00. The molecule has 0 amide bonds. The van der Waals surface area contributed by atoms with E-state index in [1.807, 2.05) is 0 Å². The molecule has 0 fully saturated rings. The van der Waals surface area contributed by atoms with Gasteiger partial charge in [0.15, 0.2) is 5.82 Å². The van der Waals surface area contributed by atoms with Crippen LogP contribution in [0.25, 0.3) is 0 Å². The number of carboxylic acid groups (broad SMARTS) is 1. The first-order valence-corrected chi connectivity index (χ1v) is 5.99. The number of rotatable bonds is 4. The van der Waals surface area contributed by atoms with Crippen LogP contribution in [0.3, 0.4) is 0 Å². The number of carboxylic acids is 1. The largest absolute Gasteiger partial charge is 0.478 e. The Morgan fingerprint density at radius 3 is 2.40 bits per heavy atom. The molecule has 0 aliphatic heterocycles. The highest BCUT2D eigenvalue weighted by atomic mass is 19.1. The molecule has 2 N–H and O–H groups in total. The average Bonchev–Trinajstić information content (AvgIpc) is 2.44. The number of hydrogen-bond donors (Lipinski definition) is 2. The summed E-state index contributed by atoms with van der Waals surface area (Å²) in [6.07, 6.45) is 0. The number of aromatic carboxylic acids is 1. The van der Waals surface area contributed by atoms with E-state index in [2.05, 4.69) is 5.32 Å². The predicted molar refractivity (Wildman–Crippen MR) is 71.8 cm³/mol. The number of benzene rings is 2. The maximum atomic E-state index is 13.8. The molecule has 3 nitrogen and oxygen atoms in total. The number of hydrogen-bond acceptors (Lipinski definition) is 2. The van der Waals surface area contributed by atoms with Gasteiger partial charge in [-0.05, 0) is 36.8 Å². The number of halogens is 2. The summed E-state index contributed by atoms with van der Waals surface area (Å²) in [5.74, 6) is -2.20. The van der Waals surface area contributed by atoms with Gasteiger partial charge in [0.2, 0.25) is 0 Å². The third-order valence-electron chi connectivity index (χ3n) is 3.00. The van der Waals surface area contributed by atoms with Crippen LogP contribution < -0.4 is 5.32 Å². The fraction of sp³-hybridized carbons (Fsp3) is 0.133. The van der Waals surface area contributed by atoms with Crippen LogP contribution in [-0.2, 0) is 6.54 Å². The lowest BCUT2D eigenvalue weighted by molar-refractivity contribution is 0.0697. The molecule has 0 atom stereocenters. The van der Waals surface area contributed by atoms with Crippen molar-refractivity contribution in [3.63, 3.8) is 0 Å². The molecule has 2 aromatic rings. The summed E-state index contributed by atoms with van der Waals surface area (Å²) >= 11 is 0. The van der Waals surface area contributed by atoms with Crippen LogP contribution in [0, 0.1) is 18.6 Å². The van der Waals surface area contributed by atoms with E-state index < -0.39 is 17.6 Å². The van der Waals surface area contributed by atoms with E-state index in [0.29, 0.717) is 6.54 Å². The minimum absolute atomic E-state index is 0.0313. The van der Waals surface area contributed by atoms with Crippen LogP contribution in [0.15, 0.2) is 36.4 Å². The van der Waals surface area contributed by atoms with Crippen molar-refractivity contribution >= 4 is 11.7 Å². The van der Waals surface area contributed by atoms with E-state index in [-0.39, 0.29) is 16.8 Å². The molecule has 0 spiro atoms. The predicted octanol–water partition coefficient (Wildman–Crippen LogP) is 3.58. The van der Waals surface area contributed by atoms with Gasteiger partial charge >= 0.3 is 5.97 Å². The molecule has 0 aliphatic rings. The number of anilines is 1. The molecule has 2 aromatic carbocycles. The summed E-state index contributed by atoms with van der Waals surface area (Å²) in [7, 11) is 0. The monoisotopic (exact) mass is 277 g/mol. The zero-order chi connectivity index (χ0) is 14.7. The highest BCUT2D eigenvalue weighted by Crippen LogP contribution is 2.20. The molecule has 5 heteroatoms. The Bertz CT molecular complexity index is 639. The molecular weight excluding hydrogens is 264 g/mol. The smallest absolute Gasteiger partial charge is 0.335 e. The highest BCUT2D eigenvalue weighted by molar-refractivity contribution is 5.87. The van der Waals surface area contributed by atoms with Crippen molar-refractivity contribution in [1.82, 2.24) is 0 Å². The number of nitrogens with one attached hydrogen (secondary N) is 1. The lowest BCUT2D eigenvalue weighted by Crippen LogP contribution is -2.04. The quantitative estimate of drug-likeness (QED) is 0.898. The molecule has 0 unspecified atom stereocenters. The molecule has 0 aromatic heterocycles. The second-order valence-electron chi connectivity index (χ2n) is 4.39. The van der Waals surface area contributed by atoms with Gasteiger partial charge in [-0.15, -0.1) is 0 Å². The van der Waals surface area contributed by atoms with Crippen molar-refractivity contribution in [3.8, 4) is 0 Å². The van der Waals surface area contributed by atoms with Gasteiger partial charge < -0.3 is 10.4 Å². The van der Waals surface area contributed by atoms with Gasteiger partial charge in [0.1, 0.15) is 5.82 Å². The maximum Gasteiger partial charge on any atom is 0.335 e. The van der Waals surface area contributed by atoms with E-state index in [0.717, 1.165) is 5.56 Å². The minimum Gasteiger partial charge on any atom is -0.478 e. The van der Waals surface area contributed by atoms with Crippen molar-refractivity contribution in [2.75, 3.05) is 5.32 Å². The molecule has 0 saturated heterocycles. The molecule has 0 radical (unpaired) electrons. The van der Waals surface area contributed by atoms with E-state index in [1.54, 1.807) is 12.1 Å². The Kier molecular flexibility index (Phi) is 3.98. The van der Waals surface area contributed by atoms with Gasteiger partial charge in [-0.2, -0.15) is 0 Å². The standard InChI is InChI=1S/C15H13F2NO2/c1-9-12(16)6-7-13(14(9)17)18-8-10-2-4-11(5-3-10)15(19)20/h2-7,18H,8H2,1H3,(H,19,20). The van der Waals surface area contributed by atoms with Gasteiger partial charge in [-0.3, -0.25) is 0 Å². The zero-order valence-corrected chi connectivity index (χ0v) is 10.8. The summed E-state index contributed by atoms with van der Waals surface area (Å²) in [6, 6.07) is 8.78. The summed E-state index contributed by atoms with van der Waals surface area (Å²) in [5, 5.41) is 11.6. The first kappa shape index (κ1) is 14.0. The Morgan fingerprint density at radius 2 is 1.80 bits per heavy atom. The Hall–Kier alpha value is -2.43. The lowest BCUT2D eigenvalue weighted by Gasteiger charge is -2.10. The Labute approximate surface area is 114 Å². The molecule has 0 aliphatic carbocycles. The first-order valence-electron chi connectivity index (χ1n) is 5.99. The third kappa shape index (κ3) is 2.93. The SMILES string of the molecule is Cc1c(F)ccc(NCc2ccc(C(=O)O)cc2)c1F. The second kappa shape index (κ2) is 5.69. The van der Waals surface area contributed by atoms with Gasteiger partial charge in [-0.1, -0.05) is 12.1 Å². The van der Waals surface area contributed by atoms with Crippen molar-refractivity contribution in [2.45, 2.75) is 13.5 Å². The van der Waals surface area contributed by atoms with Gasteiger partial charge in [0, 0.05) is 12.1 Å². The fourth-order valence-electron chi connectivity index (χ4n) is 1.76. The van der Waals surface area contributed by atoms with Crippen molar-refractivity contribution in [1.29, 1.82) is 0 Å². The van der Waals surface area contributed by atoms with E-state index in [9.17, 15) is 13.6 Å². The molecule has 104 valence electrons. The van der Waals surface area contributed by atoms with E-state index >= 15 is 0 Å². The van der Waals surface area contributed by atoms with Gasteiger partial charge in [-0.25, -0.2) is 13.6 Å². The van der Waals surface area contributed by atoms with Crippen LogP contribution in [0.1, 0.15) is 21.5 Å². The summed E-state index contributed by atoms with van der Waals surface area (Å²) in [4.78, 5) is 10.7. The molecule has 0 bridgehead atoms. The van der Waals surface area contributed by atoms with Crippen LogP contribution in [-0.4, -0.2) is 11.1 Å². The summed E-state index contributed by atoms with van der Waals surface area (Å²) < 4.78 is 26.9. The highest BCUT2D eigenvalue weighted by Gasteiger charge is 2.09.